The summed E-state index contributed by atoms with van der Waals surface area (Å²) < 4.78 is 1.79. The summed E-state index contributed by atoms with van der Waals surface area (Å²) in [4.78, 5) is 29.6. The Hall–Kier alpha value is -3.64. The zero-order chi connectivity index (χ0) is 20.4. The lowest BCUT2D eigenvalue weighted by molar-refractivity contribution is 0.101. The summed E-state index contributed by atoms with van der Waals surface area (Å²) in [5.74, 6) is -0.661. The zero-order valence-electron chi connectivity index (χ0n) is 15.5. The molecule has 2 aromatic carbocycles. The number of imidazole rings is 1. The van der Waals surface area contributed by atoms with Crippen molar-refractivity contribution in [3.05, 3.63) is 94.9 Å². The van der Waals surface area contributed by atoms with Crippen LogP contribution in [0.25, 0.3) is 5.65 Å². The molecule has 0 fully saturated rings. The first-order valence-electron chi connectivity index (χ1n) is 8.92. The predicted molar refractivity (Wildman–Crippen MR) is 114 cm³/mol. The van der Waals surface area contributed by atoms with Gasteiger partial charge in [0.05, 0.1) is 11.4 Å². The van der Waals surface area contributed by atoms with Gasteiger partial charge in [-0.05, 0) is 61.0 Å². The lowest BCUT2D eigenvalue weighted by Crippen LogP contribution is -2.17. The van der Waals surface area contributed by atoms with E-state index >= 15 is 0 Å². The molecule has 4 aromatic rings. The van der Waals surface area contributed by atoms with Crippen LogP contribution >= 0.6 is 11.6 Å². The van der Waals surface area contributed by atoms with E-state index in [1.807, 2.05) is 25.3 Å². The van der Waals surface area contributed by atoms with Crippen molar-refractivity contribution in [2.24, 2.45) is 0 Å². The monoisotopic (exact) mass is 404 g/mol. The molecule has 0 unspecified atom stereocenters. The van der Waals surface area contributed by atoms with Crippen LogP contribution < -0.4 is 10.6 Å². The van der Waals surface area contributed by atoms with Crippen molar-refractivity contribution in [3.8, 4) is 0 Å². The molecule has 0 radical (unpaired) electrons. The molecule has 0 saturated heterocycles. The molecular weight excluding hydrogens is 388 g/mol. The van der Waals surface area contributed by atoms with E-state index in [1.165, 1.54) is 0 Å². The van der Waals surface area contributed by atoms with Gasteiger partial charge in [0.15, 0.2) is 0 Å². The van der Waals surface area contributed by atoms with Crippen LogP contribution in [0.2, 0.25) is 5.02 Å². The fourth-order valence-corrected chi connectivity index (χ4v) is 3.00. The highest BCUT2D eigenvalue weighted by Crippen LogP contribution is 2.23. The van der Waals surface area contributed by atoms with Crippen LogP contribution in [0.3, 0.4) is 0 Å². The molecule has 0 aliphatic carbocycles. The van der Waals surface area contributed by atoms with E-state index in [1.54, 1.807) is 59.1 Å². The molecule has 2 aromatic heterocycles. The van der Waals surface area contributed by atoms with Crippen molar-refractivity contribution >= 4 is 40.4 Å². The lowest BCUT2D eigenvalue weighted by atomic mass is 10.2. The minimum absolute atomic E-state index is 0.287. The standard InChI is InChI=1S/C22H17ClN4O2/c1-14-10-11-27-13-19(24-20(27)12-14)22(29)26-18-5-3-2-4-17(18)25-21(28)15-6-8-16(23)9-7-15/h2-13H,1H3,(H,25,28)(H,26,29). The number of nitrogens with one attached hydrogen (secondary N) is 2. The molecule has 0 aliphatic rings. The Morgan fingerprint density at radius 3 is 2.28 bits per heavy atom. The molecule has 0 aliphatic heterocycles. The highest BCUT2D eigenvalue weighted by Gasteiger charge is 2.14. The smallest absolute Gasteiger partial charge is 0.275 e. The van der Waals surface area contributed by atoms with E-state index in [-0.39, 0.29) is 17.5 Å². The first-order valence-corrected chi connectivity index (χ1v) is 9.30. The number of pyridine rings is 1. The number of nitrogens with zero attached hydrogens (tertiary/aromatic N) is 2. The van der Waals surface area contributed by atoms with Crippen molar-refractivity contribution in [1.29, 1.82) is 0 Å². The fourth-order valence-electron chi connectivity index (χ4n) is 2.88. The zero-order valence-corrected chi connectivity index (χ0v) is 16.3. The molecule has 29 heavy (non-hydrogen) atoms. The summed E-state index contributed by atoms with van der Waals surface area (Å²) in [5.41, 5.74) is 3.47. The van der Waals surface area contributed by atoms with Crippen LogP contribution in [-0.2, 0) is 0 Å². The molecule has 4 rings (SSSR count). The van der Waals surface area contributed by atoms with Crippen molar-refractivity contribution < 1.29 is 9.59 Å². The molecule has 0 spiro atoms. The van der Waals surface area contributed by atoms with Crippen LogP contribution in [0.15, 0.2) is 73.1 Å². The van der Waals surface area contributed by atoms with Gasteiger partial charge in [-0.3, -0.25) is 9.59 Å². The number of aromatic nitrogens is 2. The van der Waals surface area contributed by atoms with Gasteiger partial charge in [0.2, 0.25) is 0 Å². The van der Waals surface area contributed by atoms with Gasteiger partial charge in [-0.2, -0.15) is 0 Å². The third-order valence-electron chi connectivity index (χ3n) is 4.38. The average molecular weight is 405 g/mol. The van der Waals surface area contributed by atoms with E-state index in [0.717, 1.165) is 5.56 Å². The van der Waals surface area contributed by atoms with E-state index in [2.05, 4.69) is 15.6 Å². The molecular formula is C22H17ClN4O2. The van der Waals surface area contributed by atoms with Crippen LogP contribution in [-0.4, -0.2) is 21.2 Å². The van der Waals surface area contributed by atoms with Gasteiger partial charge in [0.25, 0.3) is 11.8 Å². The summed E-state index contributed by atoms with van der Waals surface area (Å²) in [5, 5.41) is 6.19. The Kier molecular flexibility index (Phi) is 5.01. The molecule has 2 amide bonds. The van der Waals surface area contributed by atoms with Crippen molar-refractivity contribution in [2.75, 3.05) is 10.6 Å². The molecule has 7 heteroatoms. The number of hydrogen-bond acceptors (Lipinski definition) is 3. The van der Waals surface area contributed by atoms with Gasteiger partial charge in [-0.1, -0.05) is 23.7 Å². The Balaban J connectivity index is 1.55. The second kappa shape index (κ2) is 7.77. The van der Waals surface area contributed by atoms with Crippen molar-refractivity contribution in [1.82, 2.24) is 9.38 Å². The predicted octanol–water partition coefficient (Wildman–Crippen LogP) is 4.80. The van der Waals surface area contributed by atoms with E-state index < -0.39 is 0 Å². The maximum Gasteiger partial charge on any atom is 0.275 e. The van der Waals surface area contributed by atoms with Crippen LogP contribution in [0, 0.1) is 6.92 Å². The minimum atomic E-state index is -0.362. The summed E-state index contributed by atoms with van der Waals surface area (Å²) >= 11 is 5.87. The molecule has 6 nitrogen and oxygen atoms in total. The van der Waals surface area contributed by atoms with Gasteiger partial charge >= 0.3 is 0 Å². The summed E-state index contributed by atoms with van der Waals surface area (Å²) in [6.45, 7) is 1.97. The molecule has 144 valence electrons. The van der Waals surface area contributed by atoms with Crippen LogP contribution in [0.4, 0.5) is 11.4 Å². The highest BCUT2D eigenvalue weighted by molar-refractivity contribution is 6.30. The molecule has 2 N–H and O–H groups in total. The lowest BCUT2D eigenvalue weighted by Gasteiger charge is -2.11. The number of para-hydroxylation sites is 2. The molecule has 0 bridgehead atoms. The van der Waals surface area contributed by atoms with Gasteiger partial charge in [-0.25, -0.2) is 4.98 Å². The second-order valence-electron chi connectivity index (χ2n) is 6.56. The van der Waals surface area contributed by atoms with Gasteiger partial charge < -0.3 is 15.0 Å². The Labute approximate surface area is 172 Å². The topological polar surface area (TPSA) is 75.5 Å². The summed E-state index contributed by atoms with van der Waals surface area (Å²) in [6, 6.07) is 17.4. The summed E-state index contributed by atoms with van der Waals surface area (Å²) in [7, 11) is 0. The Morgan fingerprint density at radius 1 is 0.931 bits per heavy atom. The SMILES string of the molecule is Cc1ccn2cc(C(=O)Nc3ccccc3NC(=O)c3ccc(Cl)cc3)nc2c1. The Bertz CT molecular complexity index is 1220. The largest absolute Gasteiger partial charge is 0.320 e. The third kappa shape index (κ3) is 4.12. The normalized spacial score (nSPS) is 10.7. The molecule has 0 atom stereocenters. The number of carbonyl (C=O) groups is 2. The number of rotatable bonds is 4. The maximum absolute atomic E-state index is 12.7. The maximum atomic E-state index is 12.7. The number of carbonyl (C=O) groups excluding carboxylic acids is 2. The summed E-state index contributed by atoms with van der Waals surface area (Å²) in [6.07, 6.45) is 3.52. The van der Waals surface area contributed by atoms with Crippen LogP contribution in [0.5, 0.6) is 0 Å². The number of anilines is 2. The highest BCUT2D eigenvalue weighted by atomic mass is 35.5. The number of hydrogen-bond donors (Lipinski definition) is 2. The number of amides is 2. The second-order valence-corrected chi connectivity index (χ2v) is 6.99. The fraction of sp³-hybridized carbons (Fsp3) is 0.0455. The first-order chi connectivity index (χ1) is 14.0. The Morgan fingerprint density at radius 2 is 1.59 bits per heavy atom. The quantitative estimate of drug-likeness (QED) is 0.513. The van der Waals surface area contributed by atoms with E-state index in [4.69, 9.17) is 11.6 Å². The number of fused-ring (bicyclic) bond motifs is 1. The molecule has 0 saturated carbocycles. The number of halogens is 1. The third-order valence-corrected chi connectivity index (χ3v) is 4.63. The van der Waals surface area contributed by atoms with Crippen molar-refractivity contribution in [2.45, 2.75) is 6.92 Å². The molecule has 2 heterocycles. The number of aryl methyl sites for hydroxylation is 1. The van der Waals surface area contributed by atoms with Crippen LogP contribution in [0.1, 0.15) is 26.4 Å². The number of benzene rings is 2. The van der Waals surface area contributed by atoms with Gasteiger partial charge in [-0.15, -0.1) is 0 Å². The van der Waals surface area contributed by atoms with E-state index in [9.17, 15) is 9.59 Å². The van der Waals surface area contributed by atoms with E-state index in [0.29, 0.717) is 27.6 Å². The van der Waals surface area contributed by atoms with Gasteiger partial charge in [0, 0.05) is 23.0 Å². The van der Waals surface area contributed by atoms with Crippen molar-refractivity contribution in [3.63, 3.8) is 0 Å². The average Bonchev–Trinajstić information content (AvgIpc) is 3.13. The first kappa shape index (κ1) is 18.7. The minimum Gasteiger partial charge on any atom is -0.320 e. The van der Waals surface area contributed by atoms with Gasteiger partial charge in [0.1, 0.15) is 11.3 Å².